The second-order valence-corrected chi connectivity index (χ2v) is 5.58. The van der Waals surface area contributed by atoms with Crippen molar-refractivity contribution in [3.8, 4) is 22.8 Å². The average molecular weight is 352 g/mol. The molecule has 0 radical (unpaired) electrons. The number of hydrogen-bond donors (Lipinski definition) is 2. The molecule has 26 heavy (non-hydrogen) atoms. The third kappa shape index (κ3) is 4.18. The maximum Gasteiger partial charge on any atom is 0.279 e. The predicted molar refractivity (Wildman–Crippen MR) is 100 cm³/mol. The molecule has 0 saturated carbocycles. The minimum Gasteiger partial charge on any atom is -0.497 e. The van der Waals surface area contributed by atoms with Crippen molar-refractivity contribution in [2.75, 3.05) is 19.0 Å². The molecule has 2 N–H and O–H groups in total. The van der Waals surface area contributed by atoms with E-state index >= 15 is 0 Å². The Labute approximate surface area is 151 Å². The molecular weight excluding hydrogens is 332 g/mol. The average Bonchev–Trinajstić information content (AvgIpc) is 2.67. The number of ether oxygens (including phenoxy) is 2. The van der Waals surface area contributed by atoms with E-state index in [-0.39, 0.29) is 17.2 Å². The molecule has 7 nitrogen and oxygen atoms in total. The lowest BCUT2D eigenvalue weighted by atomic mass is 10.1. The molecule has 0 amide bonds. The fraction of sp³-hybridized carbons (Fsp3) is 0.211. The van der Waals surface area contributed by atoms with E-state index in [0.717, 1.165) is 17.9 Å². The first-order valence-corrected chi connectivity index (χ1v) is 8.31. The van der Waals surface area contributed by atoms with Crippen LogP contribution in [0.1, 0.15) is 13.3 Å². The van der Waals surface area contributed by atoms with Crippen LogP contribution in [0, 0.1) is 0 Å². The van der Waals surface area contributed by atoms with Gasteiger partial charge in [-0.25, -0.2) is 0 Å². The van der Waals surface area contributed by atoms with Crippen LogP contribution in [0.25, 0.3) is 11.3 Å². The van der Waals surface area contributed by atoms with Gasteiger partial charge in [-0.2, -0.15) is 0 Å². The topological polar surface area (TPSA) is 89.1 Å². The lowest BCUT2D eigenvalue weighted by Gasteiger charge is -2.08. The Morgan fingerprint density at radius 2 is 1.88 bits per heavy atom. The zero-order valence-electron chi connectivity index (χ0n) is 14.7. The molecule has 0 aliphatic carbocycles. The van der Waals surface area contributed by atoms with Gasteiger partial charge in [0.15, 0.2) is 5.69 Å². The SMILES string of the molecule is CCCOc1cccc(Nc2nnc(-c3ccc(OC)cc3)c(=O)[nH]2)c1. The van der Waals surface area contributed by atoms with Crippen molar-refractivity contribution in [1.29, 1.82) is 0 Å². The van der Waals surface area contributed by atoms with Gasteiger partial charge in [0.1, 0.15) is 11.5 Å². The Hall–Kier alpha value is -3.35. The molecule has 0 bridgehead atoms. The number of methoxy groups -OCH3 is 1. The number of benzene rings is 2. The Kier molecular flexibility index (Phi) is 5.48. The van der Waals surface area contributed by atoms with E-state index in [2.05, 4.69) is 20.5 Å². The summed E-state index contributed by atoms with van der Waals surface area (Å²) in [7, 11) is 1.59. The van der Waals surface area contributed by atoms with Gasteiger partial charge in [-0.1, -0.05) is 13.0 Å². The largest absolute Gasteiger partial charge is 0.497 e. The second-order valence-electron chi connectivity index (χ2n) is 5.58. The normalized spacial score (nSPS) is 10.4. The zero-order valence-corrected chi connectivity index (χ0v) is 14.7. The summed E-state index contributed by atoms with van der Waals surface area (Å²) in [5.41, 5.74) is 1.34. The minimum atomic E-state index is -0.328. The Morgan fingerprint density at radius 1 is 1.08 bits per heavy atom. The van der Waals surface area contributed by atoms with Crippen LogP contribution in [-0.2, 0) is 0 Å². The lowest BCUT2D eigenvalue weighted by Crippen LogP contribution is -2.15. The fourth-order valence-electron chi connectivity index (χ4n) is 2.35. The van der Waals surface area contributed by atoms with Crippen molar-refractivity contribution >= 4 is 11.6 Å². The molecule has 3 rings (SSSR count). The van der Waals surface area contributed by atoms with E-state index in [0.29, 0.717) is 17.9 Å². The number of hydrogen-bond acceptors (Lipinski definition) is 6. The lowest BCUT2D eigenvalue weighted by molar-refractivity contribution is 0.317. The molecule has 1 aromatic heterocycles. The molecule has 0 fully saturated rings. The Morgan fingerprint density at radius 3 is 2.58 bits per heavy atom. The summed E-state index contributed by atoms with van der Waals surface area (Å²) < 4.78 is 10.7. The summed E-state index contributed by atoms with van der Waals surface area (Å²) in [4.78, 5) is 15.0. The number of H-pyrrole nitrogens is 1. The predicted octanol–water partition coefficient (Wildman–Crippen LogP) is 3.37. The van der Waals surface area contributed by atoms with Crippen LogP contribution >= 0.6 is 0 Å². The van der Waals surface area contributed by atoms with Crippen LogP contribution < -0.4 is 20.3 Å². The molecular formula is C19H20N4O3. The van der Waals surface area contributed by atoms with Crippen molar-refractivity contribution in [2.24, 2.45) is 0 Å². The number of anilines is 2. The van der Waals surface area contributed by atoms with Gasteiger partial charge in [0.05, 0.1) is 13.7 Å². The Balaban J connectivity index is 1.78. The molecule has 0 unspecified atom stereocenters. The maximum atomic E-state index is 12.3. The Bertz CT molecular complexity index is 923. The van der Waals surface area contributed by atoms with Crippen LogP contribution in [-0.4, -0.2) is 28.9 Å². The minimum absolute atomic E-state index is 0.248. The summed E-state index contributed by atoms with van der Waals surface area (Å²) in [5, 5.41) is 11.1. The number of aromatic nitrogens is 3. The quantitative estimate of drug-likeness (QED) is 0.678. The fourth-order valence-corrected chi connectivity index (χ4v) is 2.35. The molecule has 7 heteroatoms. The number of rotatable bonds is 7. The van der Waals surface area contributed by atoms with Crippen LogP contribution in [0.5, 0.6) is 11.5 Å². The van der Waals surface area contributed by atoms with Gasteiger partial charge in [0.2, 0.25) is 5.95 Å². The van der Waals surface area contributed by atoms with Gasteiger partial charge in [-0.15, -0.1) is 10.2 Å². The van der Waals surface area contributed by atoms with E-state index in [4.69, 9.17) is 9.47 Å². The van der Waals surface area contributed by atoms with Gasteiger partial charge in [0, 0.05) is 17.3 Å². The van der Waals surface area contributed by atoms with Gasteiger partial charge >= 0.3 is 0 Å². The van der Waals surface area contributed by atoms with Crippen LogP contribution in [0.15, 0.2) is 53.3 Å². The second kappa shape index (κ2) is 8.15. The zero-order chi connectivity index (χ0) is 18.4. The van der Waals surface area contributed by atoms with Gasteiger partial charge in [-0.05, 0) is 42.8 Å². The van der Waals surface area contributed by atoms with E-state index in [1.807, 2.05) is 31.2 Å². The molecule has 1 heterocycles. The standard InChI is InChI=1S/C19H20N4O3/c1-3-11-26-16-6-4-5-14(12-16)20-19-21-18(24)17(22-23-19)13-7-9-15(25-2)10-8-13/h4-10,12H,3,11H2,1-2H3,(H2,20,21,23,24). The molecule has 0 aliphatic rings. The first-order chi connectivity index (χ1) is 12.7. The third-order valence-electron chi connectivity index (χ3n) is 3.63. The highest BCUT2D eigenvalue weighted by atomic mass is 16.5. The first-order valence-electron chi connectivity index (χ1n) is 8.31. The highest BCUT2D eigenvalue weighted by Crippen LogP contribution is 2.20. The third-order valence-corrected chi connectivity index (χ3v) is 3.63. The van der Waals surface area contributed by atoms with Gasteiger partial charge < -0.3 is 14.8 Å². The van der Waals surface area contributed by atoms with Crippen LogP contribution in [0.2, 0.25) is 0 Å². The van der Waals surface area contributed by atoms with Crippen LogP contribution in [0.4, 0.5) is 11.6 Å². The summed E-state index contributed by atoms with van der Waals surface area (Å²) in [6.45, 7) is 2.70. The summed E-state index contributed by atoms with van der Waals surface area (Å²) >= 11 is 0. The van der Waals surface area contributed by atoms with Crippen molar-refractivity contribution in [3.63, 3.8) is 0 Å². The number of nitrogens with one attached hydrogen (secondary N) is 2. The highest BCUT2D eigenvalue weighted by molar-refractivity contribution is 5.60. The number of nitrogens with zero attached hydrogens (tertiary/aromatic N) is 2. The van der Waals surface area contributed by atoms with Gasteiger partial charge in [0.25, 0.3) is 5.56 Å². The van der Waals surface area contributed by atoms with E-state index < -0.39 is 0 Å². The van der Waals surface area contributed by atoms with Crippen molar-refractivity contribution in [1.82, 2.24) is 15.2 Å². The molecule has 134 valence electrons. The van der Waals surface area contributed by atoms with Crippen LogP contribution in [0.3, 0.4) is 0 Å². The maximum absolute atomic E-state index is 12.3. The summed E-state index contributed by atoms with van der Waals surface area (Å²) in [5.74, 6) is 1.73. The van der Waals surface area contributed by atoms with Gasteiger partial charge in [-0.3, -0.25) is 9.78 Å². The first kappa shape index (κ1) is 17.5. The smallest absolute Gasteiger partial charge is 0.279 e. The van der Waals surface area contributed by atoms with Crippen molar-refractivity contribution < 1.29 is 9.47 Å². The molecule has 0 atom stereocenters. The molecule has 0 saturated heterocycles. The molecule has 0 spiro atoms. The molecule has 0 aliphatic heterocycles. The van der Waals surface area contributed by atoms with Crippen molar-refractivity contribution in [2.45, 2.75) is 13.3 Å². The van der Waals surface area contributed by atoms with E-state index in [1.165, 1.54) is 0 Å². The summed E-state index contributed by atoms with van der Waals surface area (Å²) in [6, 6.07) is 14.5. The monoisotopic (exact) mass is 352 g/mol. The van der Waals surface area contributed by atoms with E-state index in [9.17, 15) is 4.79 Å². The van der Waals surface area contributed by atoms with Crippen molar-refractivity contribution in [3.05, 3.63) is 58.9 Å². The number of aromatic amines is 1. The molecule has 3 aromatic rings. The van der Waals surface area contributed by atoms with E-state index in [1.54, 1.807) is 31.4 Å². The summed E-state index contributed by atoms with van der Waals surface area (Å²) in [6.07, 6.45) is 0.934. The highest BCUT2D eigenvalue weighted by Gasteiger charge is 2.08. The molecule has 2 aromatic carbocycles.